The summed E-state index contributed by atoms with van der Waals surface area (Å²) in [4.78, 5) is 17.6. The molecule has 0 unspecified atom stereocenters. The number of carboxylic acids is 1. The standard InChI is InChI=1S/C15H18N4O2/c20-15(21)12-4-1-3-11(7-12)8-19-6-2-5-13(9-19)14-16-10-17-18-14/h1,3-4,7,10,13H,2,5-6,8-9H2,(H,20,21)(H,16,17,18)/t13-/m0/s1. The van der Waals surface area contributed by atoms with Crippen LogP contribution in [0.25, 0.3) is 0 Å². The Kier molecular flexibility index (Phi) is 3.96. The molecule has 6 heteroatoms. The van der Waals surface area contributed by atoms with E-state index in [0.717, 1.165) is 43.9 Å². The molecule has 1 aromatic carbocycles. The van der Waals surface area contributed by atoms with Crippen LogP contribution in [-0.4, -0.2) is 44.2 Å². The predicted octanol–water partition coefficient (Wildman–Crippen LogP) is 1.88. The molecular formula is C15H18N4O2. The summed E-state index contributed by atoms with van der Waals surface area (Å²) < 4.78 is 0. The first-order chi connectivity index (χ1) is 10.2. The molecule has 1 atom stereocenters. The number of rotatable bonds is 4. The van der Waals surface area contributed by atoms with Crippen LogP contribution < -0.4 is 0 Å². The second-order valence-electron chi connectivity index (χ2n) is 5.45. The van der Waals surface area contributed by atoms with E-state index in [4.69, 9.17) is 5.11 Å². The summed E-state index contributed by atoms with van der Waals surface area (Å²) in [6.45, 7) is 2.72. The third kappa shape index (κ3) is 3.28. The van der Waals surface area contributed by atoms with E-state index >= 15 is 0 Å². The van der Waals surface area contributed by atoms with Crippen molar-refractivity contribution in [2.24, 2.45) is 0 Å². The van der Waals surface area contributed by atoms with Gasteiger partial charge in [-0.05, 0) is 37.1 Å². The number of benzene rings is 1. The molecule has 21 heavy (non-hydrogen) atoms. The SMILES string of the molecule is O=C(O)c1cccc(CN2CCC[C@H](c3ncn[nH]3)C2)c1. The Labute approximate surface area is 122 Å². The van der Waals surface area contributed by atoms with Crippen molar-refractivity contribution in [2.75, 3.05) is 13.1 Å². The number of carboxylic acid groups (broad SMARTS) is 1. The van der Waals surface area contributed by atoms with Gasteiger partial charge >= 0.3 is 5.97 Å². The smallest absolute Gasteiger partial charge is 0.335 e. The Hall–Kier alpha value is -2.21. The van der Waals surface area contributed by atoms with Gasteiger partial charge in [0.1, 0.15) is 12.2 Å². The maximum absolute atomic E-state index is 11.0. The summed E-state index contributed by atoms with van der Waals surface area (Å²) in [7, 11) is 0. The molecule has 1 aliphatic heterocycles. The molecule has 1 aromatic heterocycles. The van der Waals surface area contributed by atoms with Crippen molar-refractivity contribution >= 4 is 5.97 Å². The Morgan fingerprint density at radius 2 is 2.38 bits per heavy atom. The van der Waals surface area contributed by atoms with Crippen molar-refractivity contribution in [1.29, 1.82) is 0 Å². The van der Waals surface area contributed by atoms with Gasteiger partial charge in [0, 0.05) is 19.0 Å². The normalized spacial score (nSPS) is 19.5. The van der Waals surface area contributed by atoms with E-state index in [1.807, 2.05) is 6.07 Å². The molecule has 1 saturated heterocycles. The molecule has 2 N–H and O–H groups in total. The van der Waals surface area contributed by atoms with Gasteiger partial charge in [-0.25, -0.2) is 9.78 Å². The van der Waals surface area contributed by atoms with Crippen LogP contribution in [0.1, 0.15) is 40.5 Å². The summed E-state index contributed by atoms with van der Waals surface area (Å²) in [5.41, 5.74) is 1.38. The molecule has 6 nitrogen and oxygen atoms in total. The van der Waals surface area contributed by atoms with Crippen LogP contribution >= 0.6 is 0 Å². The molecule has 2 aromatic rings. The first-order valence-corrected chi connectivity index (χ1v) is 7.12. The zero-order chi connectivity index (χ0) is 14.7. The maximum atomic E-state index is 11.0. The fraction of sp³-hybridized carbons (Fsp3) is 0.400. The highest BCUT2D eigenvalue weighted by atomic mass is 16.4. The van der Waals surface area contributed by atoms with E-state index in [1.165, 1.54) is 0 Å². The van der Waals surface area contributed by atoms with Crippen molar-refractivity contribution in [3.63, 3.8) is 0 Å². The van der Waals surface area contributed by atoms with Gasteiger partial charge in [-0.2, -0.15) is 5.10 Å². The van der Waals surface area contributed by atoms with E-state index in [-0.39, 0.29) is 0 Å². The van der Waals surface area contributed by atoms with Crippen molar-refractivity contribution in [1.82, 2.24) is 20.1 Å². The molecule has 0 bridgehead atoms. The minimum Gasteiger partial charge on any atom is -0.478 e. The summed E-state index contributed by atoms with van der Waals surface area (Å²) in [5, 5.41) is 15.9. The quantitative estimate of drug-likeness (QED) is 0.896. The molecule has 0 aliphatic carbocycles. The lowest BCUT2D eigenvalue weighted by atomic mass is 9.97. The number of H-pyrrole nitrogens is 1. The fourth-order valence-corrected chi connectivity index (χ4v) is 2.89. The van der Waals surface area contributed by atoms with Gasteiger partial charge in [-0.3, -0.25) is 10.00 Å². The van der Waals surface area contributed by atoms with E-state index in [2.05, 4.69) is 20.1 Å². The Balaban J connectivity index is 1.67. The lowest BCUT2D eigenvalue weighted by Gasteiger charge is -2.31. The van der Waals surface area contributed by atoms with Gasteiger partial charge in [0.15, 0.2) is 0 Å². The van der Waals surface area contributed by atoms with Crippen LogP contribution in [0, 0.1) is 0 Å². The van der Waals surface area contributed by atoms with E-state index in [9.17, 15) is 4.79 Å². The molecule has 1 aliphatic rings. The second kappa shape index (κ2) is 6.05. The topological polar surface area (TPSA) is 82.1 Å². The number of likely N-dealkylation sites (tertiary alicyclic amines) is 1. The van der Waals surface area contributed by atoms with Crippen molar-refractivity contribution < 1.29 is 9.90 Å². The first kappa shape index (κ1) is 13.8. The summed E-state index contributed by atoms with van der Waals surface area (Å²) in [6.07, 6.45) is 3.77. The highest BCUT2D eigenvalue weighted by Crippen LogP contribution is 2.25. The van der Waals surface area contributed by atoms with E-state index < -0.39 is 5.97 Å². The average Bonchev–Trinajstić information content (AvgIpc) is 3.02. The Morgan fingerprint density at radius 1 is 1.48 bits per heavy atom. The largest absolute Gasteiger partial charge is 0.478 e. The van der Waals surface area contributed by atoms with Gasteiger partial charge in [-0.1, -0.05) is 12.1 Å². The van der Waals surface area contributed by atoms with Crippen molar-refractivity contribution in [3.8, 4) is 0 Å². The van der Waals surface area contributed by atoms with Crippen LogP contribution in [0.3, 0.4) is 0 Å². The van der Waals surface area contributed by atoms with Crippen molar-refractivity contribution in [3.05, 3.63) is 47.5 Å². The molecule has 1 fully saturated rings. The zero-order valence-electron chi connectivity index (χ0n) is 11.7. The second-order valence-corrected chi connectivity index (χ2v) is 5.45. The molecule has 0 saturated carbocycles. The van der Waals surface area contributed by atoms with Gasteiger partial charge in [0.25, 0.3) is 0 Å². The molecule has 110 valence electrons. The molecule has 0 amide bonds. The van der Waals surface area contributed by atoms with Gasteiger partial charge < -0.3 is 5.11 Å². The molecule has 3 rings (SSSR count). The number of aromatic amines is 1. The summed E-state index contributed by atoms with van der Waals surface area (Å²) in [6, 6.07) is 7.15. The van der Waals surface area contributed by atoms with Crippen LogP contribution in [0.5, 0.6) is 0 Å². The first-order valence-electron chi connectivity index (χ1n) is 7.12. The summed E-state index contributed by atoms with van der Waals surface area (Å²) in [5.74, 6) is 0.443. The Morgan fingerprint density at radius 3 is 3.14 bits per heavy atom. The maximum Gasteiger partial charge on any atom is 0.335 e. The van der Waals surface area contributed by atoms with Crippen molar-refractivity contribution in [2.45, 2.75) is 25.3 Å². The van der Waals surface area contributed by atoms with Gasteiger partial charge in [-0.15, -0.1) is 0 Å². The third-order valence-corrected chi connectivity index (χ3v) is 3.91. The highest BCUT2D eigenvalue weighted by molar-refractivity contribution is 5.87. The monoisotopic (exact) mass is 286 g/mol. The fourth-order valence-electron chi connectivity index (χ4n) is 2.89. The lowest BCUT2D eigenvalue weighted by Crippen LogP contribution is -2.34. The number of hydrogen-bond acceptors (Lipinski definition) is 4. The number of carbonyl (C=O) groups is 1. The zero-order valence-corrected chi connectivity index (χ0v) is 11.7. The lowest BCUT2D eigenvalue weighted by molar-refractivity contribution is 0.0696. The number of aromatic nitrogens is 3. The average molecular weight is 286 g/mol. The van der Waals surface area contributed by atoms with E-state index in [0.29, 0.717) is 11.5 Å². The van der Waals surface area contributed by atoms with Crippen LogP contribution in [-0.2, 0) is 6.54 Å². The number of hydrogen-bond donors (Lipinski definition) is 2. The minimum atomic E-state index is -0.880. The Bertz CT molecular complexity index is 612. The van der Waals surface area contributed by atoms with Crippen LogP contribution in [0.4, 0.5) is 0 Å². The van der Waals surface area contributed by atoms with Crippen LogP contribution in [0.15, 0.2) is 30.6 Å². The van der Waals surface area contributed by atoms with Gasteiger partial charge in [0.05, 0.1) is 5.56 Å². The van der Waals surface area contributed by atoms with E-state index in [1.54, 1.807) is 24.5 Å². The van der Waals surface area contributed by atoms with Crippen LogP contribution in [0.2, 0.25) is 0 Å². The molecular weight excluding hydrogens is 268 g/mol. The number of aromatic carboxylic acids is 1. The minimum absolute atomic E-state index is 0.344. The third-order valence-electron chi connectivity index (χ3n) is 3.91. The highest BCUT2D eigenvalue weighted by Gasteiger charge is 2.23. The number of piperidine rings is 1. The number of nitrogens with zero attached hydrogens (tertiary/aromatic N) is 3. The molecule has 0 spiro atoms. The predicted molar refractivity (Wildman–Crippen MR) is 77.0 cm³/mol. The van der Waals surface area contributed by atoms with Gasteiger partial charge in [0.2, 0.25) is 0 Å². The summed E-state index contributed by atoms with van der Waals surface area (Å²) >= 11 is 0. The molecule has 2 heterocycles. The molecule has 0 radical (unpaired) electrons. The number of nitrogens with one attached hydrogen (secondary N) is 1.